The van der Waals surface area contributed by atoms with Gasteiger partial charge in [0.05, 0.1) is 0 Å². The molecule has 0 heterocycles. The minimum Gasteiger partial charge on any atom is -0.485 e. The fraction of sp³-hybridized carbons (Fsp3) is 0.182. The molecule has 2 atom stereocenters. The van der Waals surface area contributed by atoms with Crippen molar-refractivity contribution < 1.29 is 9.47 Å². The number of benzene rings is 3. The molecule has 2 nitrogen and oxygen atoms in total. The molecule has 124 valence electrons. The second kappa shape index (κ2) is 6.06. The van der Waals surface area contributed by atoms with Crippen molar-refractivity contribution in [1.82, 2.24) is 0 Å². The van der Waals surface area contributed by atoms with E-state index in [0.717, 1.165) is 27.9 Å². The van der Waals surface area contributed by atoms with Gasteiger partial charge in [-0.3, -0.25) is 0 Å². The highest BCUT2D eigenvalue weighted by Crippen LogP contribution is 2.40. The van der Waals surface area contributed by atoms with Crippen molar-refractivity contribution in [3.05, 3.63) is 92.6 Å². The Balaban J connectivity index is 1.34. The lowest BCUT2D eigenvalue weighted by Crippen LogP contribution is -2.23. The Kier molecular flexibility index (Phi) is 3.70. The van der Waals surface area contributed by atoms with E-state index in [1.807, 2.05) is 6.07 Å². The fourth-order valence-corrected chi connectivity index (χ4v) is 4.25. The molecule has 3 heteroatoms. The van der Waals surface area contributed by atoms with Crippen molar-refractivity contribution in [2.75, 3.05) is 0 Å². The molecule has 0 aliphatic heterocycles. The van der Waals surface area contributed by atoms with E-state index in [-0.39, 0.29) is 12.2 Å². The first kappa shape index (κ1) is 15.3. The van der Waals surface area contributed by atoms with E-state index in [1.165, 1.54) is 22.3 Å². The Morgan fingerprint density at radius 3 is 1.64 bits per heavy atom. The van der Waals surface area contributed by atoms with Gasteiger partial charge in [-0.2, -0.15) is 0 Å². The third kappa shape index (κ3) is 2.80. The molecule has 2 aliphatic carbocycles. The van der Waals surface area contributed by atoms with Gasteiger partial charge < -0.3 is 9.47 Å². The van der Waals surface area contributed by atoms with Gasteiger partial charge in [0.2, 0.25) is 0 Å². The quantitative estimate of drug-likeness (QED) is 0.489. The van der Waals surface area contributed by atoms with Gasteiger partial charge in [0.15, 0.2) is 0 Å². The number of hydrogen-bond donors (Lipinski definition) is 0. The number of fused-ring (bicyclic) bond motifs is 2. The van der Waals surface area contributed by atoms with Gasteiger partial charge in [0.1, 0.15) is 23.7 Å². The van der Waals surface area contributed by atoms with Crippen LogP contribution in [0.1, 0.15) is 34.5 Å². The monoisotopic (exact) mass is 440 g/mol. The molecular formula is C22H17IO2. The normalized spacial score (nSPS) is 19.9. The zero-order chi connectivity index (χ0) is 16.8. The summed E-state index contributed by atoms with van der Waals surface area (Å²) < 4.78 is 13.6. The predicted octanol–water partition coefficient (Wildman–Crippen LogP) is 5.64. The summed E-state index contributed by atoms with van der Waals surface area (Å²) in [5, 5.41) is 0. The Morgan fingerprint density at radius 1 is 0.680 bits per heavy atom. The standard InChI is InChI=1S/C22H17IO2/c23-16-11-17(24-21-9-14-5-1-3-7-19(14)21)13-18(12-16)25-22-10-15-6-2-4-8-20(15)22/h1-8,11-13,21-22H,9-10H2. The third-order valence-electron chi connectivity index (χ3n) is 5.02. The molecule has 5 rings (SSSR count). The van der Waals surface area contributed by atoms with Crippen molar-refractivity contribution in [3.63, 3.8) is 0 Å². The van der Waals surface area contributed by atoms with E-state index in [0.29, 0.717) is 0 Å². The summed E-state index contributed by atoms with van der Waals surface area (Å²) in [6.07, 6.45) is 2.28. The van der Waals surface area contributed by atoms with Crippen LogP contribution in [-0.4, -0.2) is 0 Å². The predicted molar refractivity (Wildman–Crippen MR) is 106 cm³/mol. The third-order valence-corrected chi connectivity index (χ3v) is 5.64. The van der Waals surface area contributed by atoms with Gasteiger partial charge in [-0.05, 0) is 57.0 Å². The summed E-state index contributed by atoms with van der Waals surface area (Å²) in [5.41, 5.74) is 5.38. The smallest absolute Gasteiger partial charge is 0.128 e. The van der Waals surface area contributed by atoms with E-state index in [9.17, 15) is 0 Å². The maximum atomic E-state index is 6.22. The number of hydrogen-bond acceptors (Lipinski definition) is 2. The second-order valence-corrected chi connectivity index (χ2v) is 7.89. The van der Waals surface area contributed by atoms with Crippen LogP contribution in [-0.2, 0) is 12.8 Å². The number of halogens is 1. The molecule has 0 fully saturated rings. The topological polar surface area (TPSA) is 18.5 Å². The molecule has 0 bridgehead atoms. The first-order chi connectivity index (χ1) is 12.3. The number of rotatable bonds is 4. The molecule has 2 aliphatic rings. The van der Waals surface area contributed by atoms with Crippen LogP contribution in [0.25, 0.3) is 0 Å². The highest BCUT2D eigenvalue weighted by molar-refractivity contribution is 14.1. The lowest BCUT2D eigenvalue weighted by atomic mass is 9.85. The van der Waals surface area contributed by atoms with Crippen LogP contribution in [0.15, 0.2) is 66.7 Å². The molecule has 25 heavy (non-hydrogen) atoms. The molecule has 2 unspecified atom stereocenters. The summed E-state index contributed by atoms with van der Waals surface area (Å²) in [5.74, 6) is 1.77. The zero-order valence-electron chi connectivity index (χ0n) is 13.6. The van der Waals surface area contributed by atoms with Crippen molar-refractivity contribution in [2.45, 2.75) is 25.0 Å². The average molecular weight is 440 g/mol. The van der Waals surface area contributed by atoms with Gasteiger partial charge in [-0.15, -0.1) is 0 Å². The summed E-state index contributed by atoms with van der Waals surface area (Å²) in [6.45, 7) is 0. The Bertz CT molecular complexity index is 877. The SMILES string of the molecule is Ic1cc(OC2Cc3ccccc32)cc(OC2Cc3ccccc32)c1. The van der Waals surface area contributed by atoms with Crippen LogP contribution in [0.3, 0.4) is 0 Å². The summed E-state index contributed by atoms with van der Waals surface area (Å²) in [4.78, 5) is 0. The highest BCUT2D eigenvalue weighted by Gasteiger charge is 2.29. The van der Waals surface area contributed by atoms with Crippen LogP contribution in [0.5, 0.6) is 11.5 Å². The van der Waals surface area contributed by atoms with E-state index in [1.54, 1.807) is 0 Å². The average Bonchev–Trinajstić information content (AvgIpc) is 2.57. The Hall–Kier alpha value is -2.01. The molecule has 3 aromatic rings. The van der Waals surface area contributed by atoms with Crippen LogP contribution >= 0.6 is 22.6 Å². The molecule has 0 radical (unpaired) electrons. The lowest BCUT2D eigenvalue weighted by molar-refractivity contribution is 0.170. The lowest BCUT2D eigenvalue weighted by Gasteiger charge is -2.32. The van der Waals surface area contributed by atoms with Crippen LogP contribution < -0.4 is 9.47 Å². The molecule has 0 saturated carbocycles. The molecule has 0 amide bonds. The first-order valence-corrected chi connectivity index (χ1v) is 9.64. The van der Waals surface area contributed by atoms with Crippen LogP contribution in [0.2, 0.25) is 0 Å². The van der Waals surface area contributed by atoms with Crippen LogP contribution in [0.4, 0.5) is 0 Å². The molecule has 0 spiro atoms. The summed E-state index contributed by atoms with van der Waals surface area (Å²) in [7, 11) is 0. The maximum Gasteiger partial charge on any atom is 0.128 e. The van der Waals surface area contributed by atoms with Gasteiger partial charge in [-0.1, -0.05) is 48.5 Å². The van der Waals surface area contributed by atoms with Gasteiger partial charge in [0.25, 0.3) is 0 Å². The number of ether oxygens (including phenoxy) is 2. The van der Waals surface area contributed by atoms with E-state index in [4.69, 9.17) is 9.47 Å². The zero-order valence-corrected chi connectivity index (χ0v) is 15.8. The minimum atomic E-state index is 0.159. The largest absolute Gasteiger partial charge is 0.485 e. The minimum absolute atomic E-state index is 0.159. The van der Waals surface area contributed by atoms with Crippen molar-refractivity contribution in [1.29, 1.82) is 0 Å². The molecule has 0 N–H and O–H groups in total. The molecule has 0 aromatic heterocycles. The van der Waals surface area contributed by atoms with E-state index < -0.39 is 0 Å². The molecular weight excluding hydrogens is 423 g/mol. The van der Waals surface area contributed by atoms with Crippen molar-refractivity contribution in [2.24, 2.45) is 0 Å². The van der Waals surface area contributed by atoms with Crippen LogP contribution in [0, 0.1) is 3.57 Å². The van der Waals surface area contributed by atoms with Crippen molar-refractivity contribution in [3.8, 4) is 11.5 Å². The second-order valence-electron chi connectivity index (χ2n) is 6.64. The summed E-state index contributed by atoms with van der Waals surface area (Å²) >= 11 is 2.32. The Labute approximate surface area is 160 Å². The van der Waals surface area contributed by atoms with E-state index in [2.05, 4.69) is 83.3 Å². The maximum absolute atomic E-state index is 6.22. The first-order valence-electron chi connectivity index (χ1n) is 8.56. The van der Waals surface area contributed by atoms with Crippen molar-refractivity contribution >= 4 is 22.6 Å². The van der Waals surface area contributed by atoms with Gasteiger partial charge >= 0.3 is 0 Å². The Morgan fingerprint density at radius 2 is 1.16 bits per heavy atom. The van der Waals surface area contributed by atoms with Gasteiger partial charge in [0, 0.05) is 22.5 Å². The fourth-order valence-electron chi connectivity index (χ4n) is 3.64. The van der Waals surface area contributed by atoms with Gasteiger partial charge in [-0.25, -0.2) is 0 Å². The van der Waals surface area contributed by atoms with E-state index >= 15 is 0 Å². The highest BCUT2D eigenvalue weighted by atomic mass is 127. The molecule has 0 saturated heterocycles. The summed E-state index contributed by atoms with van der Waals surface area (Å²) in [6, 6.07) is 23.1. The molecule has 3 aromatic carbocycles.